The van der Waals surface area contributed by atoms with Gasteiger partial charge in [0.05, 0.1) is 6.61 Å². The standard InChI is InChI=1S/C17H36N4O2/c1-4-21(5-2)11-7-6-10-19-16(18-3)20-14-17(8-12-22)9-13-23-15-17/h22H,4-15H2,1-3H3,(H2,18,19,20). The lowest BCUT2D eigenvalue weighted by Gasteiger charge is -2.27. The Hall–Kier alpha value is -0.850. The lowest BCUT2D eigenvalue weighted by Crippen LogP contribution is -2.44. The lowest BCUT2D eigenvalue weighted by atomic mass is 9.84. The molecule has 0 aliphatic carbocycles. The number of aliphatic hydroxyl groups excluding tert-OH is 1. The van der Waals surface area contributed by atoms with Crippen molar-refractivity contribution in [2.24, 2.45) is 10.4 Å². The maximum absolute atomic E-state index is 9.27. The molecule has 1 fully saturated rings. The van der Waals surface area contributed by atoms with Crippen LogP contribution in [0.15, 0.2) is 4.99 Å². The SMILES string of the molecule is CCN(CC)CCCCNC(=NC)NCC1(CCO)CCOC1. The average Bonchev–Trinajstić information content (AvgIpc) is 3.03. The first-order valence-corrected chi connectivity index (χ1v) is 9.05. The van der Waals surface area contributed by atoms with Crippen molar-refractivity contribution in [3.63, 3.8) is 0 Å². The summed E-state index contributed by atoms with van der Waals surface area (Å²) in [5.74, 6) is 0.844. The Morgan fingerprint density at radius 3 is 2.61 bits per heavy atom. The molecule has 3 N–H and O–H groups in total. The fraction of sp³-hybridized carbons (Fsp3) is 0.941. The highest BCUT2D eigenvalue weighted by atomic mass is 16.5. The summed E-state index contributed by atoms with van der Waals surface area (Å²) in [5, 5.41) is 16.0. The number of guanidine groups is 1. The molecule has 0 aromatic rings. The predicted octanol–water partition coefficient (Wildman–Crippen LogP) is 1.06. The molecule has 1 aliphatic rings. The summed E-state index contributed by atoms with van der Waals surface area (Å²) < 4.78 is 5.52. The number of unbranched alkanes of at least 4 members (excludes halogenated alkanes) is 1. The van der Waals surface area contributed by atoms with E-state index in [0.29, 0.717) is 0 Å². The molecule has 23 heavy (non-hydrogen) atoms. The second-order valence-corrected chi connectivity index (χ2v) is 6.36. The zero-order chi connectivity index (χ0) is 17.0. The van der Waals surface area contributed by atoms with Crippen LogP contribution in [0.1, 0.15) is 39.5 Å². The molecule has 1 aliphatic heterocycles. The normalized spacial score (nSPS) is 21.9. The van der Waals surface area contributed by atoms with Crippen LogP contribution in [0.3, 0.4) is 0 Å². The van der Waals surface area contributed by atoms with Crippen molar-refractivity contribution < 1.29 is 9.84 Å². The zero-order valence-corrected chi connectivity index (χ0v) is 15.2. The Morgan fingerprint density at radius 2 is 2.04 bits per heavy atom. The Balaban J connectivity index is 2.21. The summed E-state index contributed by atoms with van der Waals surface area (Å²) in [6.07, 6.45) is 4.12. The van der Waals surface area contributed by atoms with Crippen LogP contribution in [0.5, 0.6) is 0 Å². The first kappa shape index (κ1) is 20.2. The third kappa shape index (κ3) is 7.50. The molecule has 136 valence electrons. The molecule has 6 heteroatoms. The third-order valence-corrected chi connectivity index (χ3v) is 4.77. The molecular formula is C17H36N4O2. The van der Waals surface area contributed by atoms with E-state index in [-0.39, 0.29) is 12.0 Å². The van der Waals surface area contributed by atoms with Crippen LogP contribution >= 0.6 is 0 Å². The molecular weight excluding hydrogens is 292 g/mol. The van der Waals surface area contributed by atoms with Gasteiger partial charge in [-0.15, -0.1) is 0 Å². The lowest BCUT2D eigenvalue weighted by molar-refractivity contribution is 0.127. The van der Waals surface area contributed by atoms with Crippen LogP contribution in [0.2, 0.25) is 0 Å². The van der Waals surface area contributed by atoms with E-state index in [1.165, 1.54) is 6.42 Å². The van der Waals surface area contributed by atoms with Gasteiger partial charge in [0, 0.05) is 38.8 Å². The monoisotopic (exact) mass is 328 g/mol. The van der Waals surface area contributed by atoms with Crippen LogP contribution in [-0.4, -0.2) is 75.6 Å². The van der Waals surface area contributed by atoms with E-state index in [1.54, 1.807) is 7.05 Å². The maximum atomic E-state index is 9.27. The van der Waals surface area contributed by atoms with E-state index in [9.17, 15) is 5.11 Å². The van der Waals surface area contributed by atoms with Crippen molar-refractivity contribution in [2.75, 3.05) is 59.6 Å². The molecule has 1 saturated heterocycles. The molecule has 6 nitrogen and oxygen atoms in total. The van der Waals surface area contributed by atoms with Crippen LogP contribution in [-0.2, 0) is 4.74 Å². The van der Waals surface area contributed by atoms with Crippen molar-refractivity contribution >= 4 is 5.96 Å². The van der Waals surface area contributed by atoms with Crippen molar-refractivity contribution in [1.82, 2.24) is 15.5 Å². The Morgan fingerprint density at radius 1 is 1.26 bits per heavy atom. The van der Waals surface area contributed by atoms with E-state index in [0.717, 1.165) is 71.2 Å². The Bertz CT molecular complexity index is 327. The molecule has 0 aromatic carbocycles. The zero-order valence-electron chi connectivity index (χ0n) is 15.2. The van der Waals surface area contributed by atoms with Gasteiger partial charge in [0.15, 0.2) is 5.96 Å². The number of aliphatic hydroxyl groups is 1. The Labute approximate surface area is 141 Å². The average molecular weight is 329 g/mol. The fourth-order valence-electron chi connectivity index (χ4n) is 3.01. The summed E-state index contributed by atoms with van der Waals surface area (Å²) >= 11 is 0. The van der Waals surface area contributed by atoms with Gasteiger partial charge in [0.25, 0.3) is 0 Å². The van der Waals surface area contributed by atoms with Crippen molar-refractivity contribution in [2.45, 2.75) is 39.5 Å². The van der Waals surface area contributed by atoms with Crippen LogP contribution in [0.25, 0.3) is 0 Å². The van der Waals surface area contributed by atoms with E-state index in [1.807, 2.05) is 0 Å². The van der Waals surface area contributed by atoms with Crippen LogP contribution in [0, 0.1) is 5.41 Å². The summed E-state index contributed by atoms with van der Waals surface area (Å²) in [7, 11) is 1.80. The summed E-state index contributed by atoms with van der Waals surface area (Å²) in [6, 6.07) is 0. The van der Waals surface area contributed by atoms with Crippen molar-refractivity contribution in [1.29, 1.82) is 0 Å². The molecule has 1 atom stereocenters. The minimum Gasteiger partial charge on any atom is -0.396 e. The van der Waals surface area contributed by atoms with E-state index in [4.69, 9.17) is 4.74 Å². The molecule has 1 rings (SSSR count). The minimum absolute atomic E-state index is 0.0507. The first-order valence-electron chi connectivity index (χ1n) is 9.05. The predicted molar refractivity (Wildman–Crippen MR) is 96.0 cm³/mol. The second kappa shape index (κ2) is 11.6. The molecule has 0 spiro atoms. The van der Waals surface area contributed by atoms with Gasteiger partial charge in [0.2, 0.25) is 0 Å². The summed E-state index contributed by atoms with van der Waals surface area (Å²) in [4.78, 5) is 6.74. The number of hydrogen-bond donors (Lipinski definition) is 3. The molecule has 0 aromatic heterocycles. The van der Waals surface area contributed by atoms with Gasteiger partial charge in [-0.2, -0.15) is 0 Å². The van der Waals surface area contributed by atoms with E-state index >= 15 is 0 Å². The highest BCUT2D eigenvalue weighted by Crippen LogP contribution is 2.31. The Kier molecular flexibility index (Phi) is 10.2. The molecule has 1 unspecified atom stereocenters. The number of hydrogen-bond acceptors (Lipinski definition) is 4. The largest absolute Gasteiger partial charge is 0.396 e. The molecule has 0 radical (unpaired) electrons. The molecule has 0 bridgehead atoms. The van der Waals surface area contributed by atoms with Gasteiger partial charge < -0.3 is 25.4 Å². The first-order chi connectivity index (χ1) is 11.2. The fourth-order valence-corrected chi connectivity index (χ4v) is 3.01. The number of rotatable bonds is 11. The van der Waals surface area contributed by atoms with Crippen LogP contribution in [0.4, 0.5) is 0 Å². The molecule has 0 amide bonds. The minimum atomic E-state index is 0.0507. The number of nitrogens with zero attached hydrogens (tertiary/aromatic N) is 2. The number of nitrogens with one attached hydrogen (secondary N) is 2. The topological polar surface area (TPSA) is 69.1 Å². The van der Waals surface area contributed by atoms with E-state index in [2.05, 4.69) is 34.4 Å². The quantitative estimate of drug-likeness (QED) is 0.301. The smallest absolute Gasteiger partial charge is 0.190 e. The van der Waals surface area contributed by atoms with Gasteiger partial charge in [-0.3, -0.25) is 4.99 Å². The molecule has 0 saturated carbocycles. The van der Waals surface area contributed by atoms with Crippen molar-refractivity contribution in [3.8, 4) is 0 Å². The highest BCUT2D eigenvalue weighted by molar-refractivity contribution is 5.79. The third-order valence-electron chi connectivity index (χ3n) is 4.77. The maximum Gasteiger partial charge on any atom is 0.190 e. The second-order valence-electron chi connectivity index (χ2n) is 6.36. The van der Waals surface area contributed by atoms with Gasteiger partial charge in [-0.25, -0.2) is 0 Å². The van der Waals surface area contributed by atoms with Crippen molar-refractivity contribution in [3.05, 3.63) is 0 Å². The van der Waals surface area contributed by atoms with Gasteiger partial charge in [-0.05, 0) is 45.3 Å². The van der Waals surface area contributed by atoms with Gasteiger partial charge >= 0.3 is 0 Å². The number of aliphatic imine (C=N–C) groups is 1. The van der Waals surface area contributed by atoms with Gasteiger partial charge in [0.1, 0.15) is 0 Å². The van der Waals surface area contributed by atoms with Crippen LogP contribution < -0.4 is 10.6 Å². The summed E-state index contributed by atoms with van der Waals surface area (Å²) in [5.41, 5.74) is 0.0507. The highest BCUT2D eigenvalue weighted by Gasteiger charge is 2.34. The summed E-state index contributed by atoms with van der Waals surface area (Å²) in [6.45, 7) is 11.3. The number of ether oxygens (including phenoxy) is 1. The van der Waals surface area contributed by atoms with Gasteiger partial charge in [-0.1, -0.05) is 13.8 Å². The molecule has 1 heterocycles. The van der Waals surface area contributed by atoms with E-state index < -0.39 is 0 Å².